The Hall–Kier alpha value is -1.78. The Kier molecular flexibility index (Phi) is 4.24. The van der Waals surface area contributed by atoms with Crippen molar-refractivity contribution in [2.75, 3.05) is 6.54 Å². The first-order valence-corrected chi connectivity index (χ1v) is 6.01. The molecule has 0 amide bonds. The number of rotatable bonds is 4. The average Bonchev–Trinajstić information content (AvgIpc) is 2.39. The molecule has 2 aromatic rings. The topological polar surface area (TPSA) is 46.2 Å². The summed E-state index contributed by atoms with van der Waals surface area (Å²) in [5.41, 5.74) is 6.63. The summed E-state index contributed by atoms with van der Waals surface area (Å²) in [6.45, 7) is 0.0116. The van der Waals surface area contributed by atoms with E-state index in [2.05, 4.69) is 0 Å². The first-order valence-electron chi connectivity index (χ1n) is 6.01. The number of nitrogens with two attached hydrogens (primary N) is 1. The molecule has 0 aliphatic carbocycles. The van der Waals surface area contributed by atoms with Gasteiger partial charge in [0, 0.05) is 12.5 Å². The highest BCUT2D eigenvalue weighted by Gasteiger charge is 2.22. The van der Waals surface area contributed by atoms with Gasteiger partial charge in [-0.1, -0.05) is 24.3 Å². The van der Waals surface area contributed by atoms with Gasteiger partial charge in [0.1, 0.15) is 11.6 Å². The summed E-state index contributed by atoms with van der Waals surface area (Å²) in [4.78, 5) is 0. The molecule has 2 nitrogen and oxygen atoms in total. The van der Waals surface area contributed by atoms with E-state index in [1.54, 1.807) is 24.3 Å². The van der Waals surface area contributed by atoms with Crippen molar-refractivity contribution in [1.29, 1.82) is 0 Å². The zero-order valence-electron chi connectivity index (χ0n) is 10.3. The van der Waals surface area contributed by atoms with Crippen molar-refractivity contribution in [2.45, 2.75) is 12.0 Å². The fourth-order valence-corrected chi connectivity index (χ4v) is 2.17. The SMILES string of the molecule is NC[C@H](O)C(c1cccc(F)c1)c1cccc(F)c1. The maximum Gasteiger partial charge on any atom is 0.123 e. The second-order valence-electron chi connectivity index (χ2n) is 4.39. The predicted molar refractivity (Wildman–Crippen MR) is 69.7 cm³/mol. The van der Waals surface area contributed by atoms with Gasteiger partial charge in [0.05, 0.1) is 6.10 Å². The van der Waals surface area contributed by atoms with Crippen LogP contribution < -0.4 is 5.73 Å². The van der Waals surface area contributed by atoms with Crippen LogP contribution >= 0.6 is 0 Å². The molecule has 0 unspecified atom stereocenters. The second-order valence-corrected chi connectivity index (χ2v) is 4.39. The third-order valence-corrected chi connectivity index (χ3v) is 3.04. The van der Waals surface area contributed by atoms with E-state index in [0.717, 1.165) is 0 Å². The Labute approximate surface area is 110 Å². The number of benzene rings is 2. The van der Waals surface area contributed by atoms with E-state index >= 15 is 0 Å². The summed E-state index contributed by atoms with van der Waals surface area (Å²) in [7, 11) is 0. The van der Waals surface area contributed by atoms with Gasteiger partial charge in [-0.3, -0.25) is 0 Å². The summed E-state index contributed by atoms with van der Waals surface area (Å²) >= 11 is 0. The number of aliphatic hydroxyl groups excluding tert-OH is 1. The van der Waals surface area contributed by atoms with Crippen LogP contribution in [-0.4, -0.2) is 17.8 Å². The first-order chi connectivity index (χ1) is 9.11. The molecule has 0 spiro atoms. The molecule has 0 saturated heterocycles. The Bertz CT molecular complexity index is 514. The lowest BCUT2D eigenvalue weighted by Gasteiger charge is -2.23. The van der Waals surface area contributed by atoms with E-state index in [1.165, 1.54) is 24.3 Å². The van der Waals surface area contributed by atoms with Crippen molar-refractivity contribution in [3.8, 4) is 0 Å². The van der Waals surface area contributed by atoms with Crippen molar-refractivity contribution in [2.24, 2.45) is 5.73 Å². The van der Waals surface area contributed by atoms with E-state index in [4.69, 9.17) is 5.73 Å². The lowest BCUT2D eigenvalue weighted by molar-refractivity contribution is 0.164. The molecule has 0 fully saturated rings. The zero-order valence-corrected chi connectivity index (χ0v) is 10.3. The van der Waals surface area contributed by atoms with Gasteiger partial charge in [0.2, 0.25) is 0 Å². The second kappa shape index (κ2) is 5.91. The molecule has 3 N–H and O–H groups in total. The highest BCUT2D eigenvalue weighted by molar-refractivity contribution is 5.34. The van der Waals surface area contributed by atoms with E-state index in [-0.39, 0.29) is 6.54 Å². The van der Waals surface area contributed by atoms with Crippen molar-refractivity contribution in [1.82, 2.24) is 0 Å². The first kappa shape index (κ1) is 13.6. The van der Waals surface area contributed by atoms with Gasteiger partial charge >= 0.3 is 0 Å². The zero-order chi connectivity index (χ0) is 13.8. The van der Waals surface area contributed by atoms with E-state index < -0.39 is 23.7 Å². The fourth-order valence-electron chi connectivity index (χ4n) is 2.17. The van der Waals surface area contributed by atoms with Gasteiger partial charge in [-0.25, -0.2) is 8.78 Å². The minimum Gasteiger partial charge on any atom is -0.391 e. The molecular formula is C15H15F2NO. The highest BCUT2D eigenvalue weighted by Crippen LogP contribution is 2.28. The number of halogens is 2. The molecule has 1 atom stereocenters. The lowest BCUT2D eigenvalue weighted by atomic mass is 9.86. The van der Waals surface area contributed by atoms with Crippen molar-refractivity contribution in [3.05, 3.63) is 71.3 Å². The molecule has 0 heterocycles. The largest absolute Gasteiger partial charge is 0.391 e. The molecule has 0 radical (unpaired) electrons. The van der Waals surface area contributed by atoms with Crippen molar-refractivity contribution >= 4 is 0 Å². The van der Waals surface area contributed by atoms with Gasteiger partial charge in [0.15, 0.2) is 0 Å². The Balaban J connectivity index is 2.47. The summed E-state index contributed by atoms with van der Waals surface area (Å²) in [6.07, 6.45) is -0.899. The highest BCUT2D eigenvalue weighted by atomic mass is 19.1. The van der Waals surface area contributed by atoms with Gasteiger partial charge in [-0.05, 0) is 35.4 Å². The van der Waals surface area contributed by atoms with Crippen LogP contribution in [0.2, 0.25) is 0 Å². The molecule has 0 aliphatic heterocycles. The van der Waals surface area contributed by atoms with Crippen LogP contribution in [0.1, 0.15) is 17.0 Å². The molecule has 2 aromatic carbocycles. The van der Waals surface area contributed by atoms with E-state index in [9.17, 15) is 13.9 Å². The molecule has 0 saturated carbocycles. The molecule has 2 rings (SSSR count). The lowest BCUT2D eigenvalue weighted by Crippen LogP contribution is -2.28. The molecule has 4 heteroatoms. The third kappa shape index (κ3) is 3.16. The molecule has 19 heavy (non-hydrogen) atoms. The van der Waals surface area contributed by atoms with E-state index in [1.807, 2.05) is 0 Å². The molecule has 0 aromatic heterocycles. The Morgan fingerprint density at radius 3 is 1.79 bits per heavy atom. The number of hydrogen-bond donors (Lipinski definition) is 2. The summed E-state index contributed by atoms with van der Waals surface area (Å²) < 4.78 is 26.6. The van der Waals surface area contributed by atoms with Crippen LogP contribution in [0.15, 0.2) is 48.5 Å². The smallest absolute Gasteiger partial charge is 0.123 e. The number of hydrogen-bond acceptors (Lipinski definition) is 2. The summed E-state index contributed by atoms with van der Waals surface area (Å²) in [5.74, 6) is -1.34. The standard InChI is InChI=1S/C15H15F2NO/c16-12-5-1-3-10(7-12)15(14(19)9-18)11-4-2-6-13(17)8-11/h1-8,14-15,19H,9,18H2/t14-/m0/s1. The van der Waals surface area contributed by atoms with Gasteiger partial charge in [-0.2, -0.15) is 0 Å². The monoisotopic (exact) mass is 263 g/mol. The van der Waals surface area contributed by atoms with Gasteiger partial charge < -0.3 is 10.8 Å². The number of aliphatic hydroxyl groups is 1. The van der Waals surface area contributed by atoms with Crippen LogP contribution in [-0.2, 0) is 0 Å². The van der Waals surface area contributed by atoms with Crippen LogP contribution in [0.5, 0.6) is 0 Å². The minimum atomic E-state index is -0.899. The van der Waals surface area contributed by atoms with Crippen LogP contribution in [0, 0.1) is 11.6 Å². The van der Waals surface area contributed by atoms with Crippen LogP contribution in [0.3, 0.4) is 0 Å². The fraction of sp³-hybridized carbons (Fsp3) is 0.200. The van der Waals surface area contributed by atoms with Gasteiger partial charge in [-0.15, -0.1) is 0 Å². The predicted octanol–water partition coefficient (Wildman–Crippen LogP) is 2.42. The molecular weight excluding hydrogens is 248 g/mol. The summed E-state index contributed by atoms with van der Waals surface area (Å²) in [6, 6.07) is 11.8. The summed E-state index contributed by atoms with van der Waals surface area (Å²) in [5, 5.41) is 10.0. The molecule has 0 aliphatic rings. The normalized spacial score (nSPS) is 12.7. The minimum absolute atomic E-state index is 0.0116. The average molecular weight is 263 g/mol. The van der Waals surface area contributed by atoms with E-state index in [0.29, 0.717) is 11.1 Å². The quantitative estimate of drug-likeness (QED) is 0.890. The van der Waals surface area contributed by atoms with Gasteiger partial charge in [0.25, 0.3) is 0 Å². The maximum atomic E-state index is 13.3. The maximum absolute atomic E-state index is 13.3. The van der Waals surface area contributed by atoms with Crippen LogP contribution in [0.4, 0.5) is 8.78 Å². The third-order valence-electron chi connectivity index (χ3n) is 3.04. The Morgan fingerprint density at radius 2 is 1.42 bits per heavy atom. The molecule has 100 valence electrons. The van der Waals surface area contributed by atoms with Crippen molar-refractivity contribution in [3.63, 3.8) is 0 Å². The van der Waals surface area contributed by atoms with Crippen LogP contribution in [0.25, 0.3) is 0 Å². The Morgan fingerprint density at radius 1 is 0.947 bits per heavy atom. The molecule has 0 bridgehead atoms. The van der Waals surface area contributed by atoms with Crippen molar-refractivity contribution < 1.29 is 13.9 Å².